The molecule has 2 aromatic carbocycles. The third-order valence-corrected chi connectivity index (χ3v) is 4.35. The van der Waals surface area contributed by atoms with Gasteiger partial charge < -0.3 is 9.88 Å². The smallest absolute Gasteiger partial charge is 0.105 e. The molecule has 0 bridgehead atoms. The van der Waals surface area contributed by atoms with Crippen molar-refractivity contribution in [2.24, 2.45) is 0 Å². The van der Waals surface area contributed by atoms with Crippen LogP contribution in [0.5, 0.6) is 0 Å². The van der Waals surface area contributed by atoms with Gasteiger partial charge in [-0.25, -0.2) is 0 Å². The fraction of sp³-hybridized carbons (Fsp3) is 0.222. The molecule has 1 aliphatic heterocycles. The number of para-hydroxylation sites is 1. The predicted molar refractivity (Wildman–Crippen MR) is 81.7 cm³/mol. The van der Waals surface area contributed by atoms with E-state index < -0.39 is 0 Å². The highest BCUT2D eigenvalue weighted by Gasteiger charge is 2.23. The summed E-state index contributed by atoms with van der Waals surface area (Å²) in [6, 6.07) is 19.5. The van der Waals surface area contributed by atoms with Crippen LogP contribution < -0.4 is 4.90 Å². The Labute approximate surface area is 119 Å². The van der Waals surface area contributed by atoms with Gasteiger partial charge in [0.15, 0.2) is 0 Å². The summed E-state index contributed by atoms with van der Waals surface area (Å²) in [6.07, 6.45) is 1.16. The minimum atomic E-state index is 1.12. The summed E-state index contributed by atoms with van der Waals surface area (Å²) in [5.41, 5.74) is 5.70. The van der Waals surface area contributed by atoms with Crippen LogP contribution in [-0.4, -0.2) is 11.5 Å². The molecular weight excluding hydrogens is 244 g/mol. The highest BCUT2D eigenvalue weighted by Crippen LogP contribution is 2.23. The number of H-pyrrole nitrogens is 1. The number of nitrogens with one attached hydrogen (secondary N) is 2. The normalized spacial score (nSPS) is 18.1. The Morgan fingerprint density at radius 2 is 1.75 bits per heavy atom. The van der Waals surface area contributed by atoms with E-state index in [-0.39, 0.29) is 0 Å². The van der Waals surface area contributed by atoms with Gasteiger partial charge >= 0.3 is 0 Å². The summed E-state index contributed by atoms with van der Waals surface area (Å²) < 4.78 is 0. The van der Waals surface area contributed by atoms with Gasteiger partial charge in [-0.05, 0) is 6.07 Å². The van der Waals surface area contributed by atoms with Crippen LogP contribution in [0.1, 0.15) is 16.8 Å². The first-order chi connectivity index (χ1) is 9.90. The van der Waals surface area contributed by atoms with Crippen molar-refractivity contribution in [1.82, 2.24) is 4.98 Å². The Kier molecular flexibility index (Phi) is 2.82. The first kappa shape index (κ1) is 11.7. The van der Waals surface area contributed by atoms with E-state index in [2.05, 4.69) is 59.6 Å². The number of hydrogen-bond acceptors (Lipinski definition) is 0. The standard InChI is InChI=1S/C18H18N2/c1-2-6-14(7-3-1)12-20-11-10-18-16(13-20)15-8-4-5-9-17(15)19-18/h1-9,19H,10-13H2/p+1. The average Bonchev–Trinajstić information content (AvgIpc) is 2.86. The van der Waals surface area contributed by atoms with Crippen LogP contribution in [0, 0.1) is 0 Å². The fourth-order valence-electron chi connectivity index (χ4n) is 3.35. The molecule has 0 amide bonds. The van der Waals surface area contributed by atoms with Crippen molar-refractivity contribution in [3.8, 4) is 0 Å². The molecule has 100 valence electrons. The molecule has 0 radical (unpaired) electrons. The van der Waals surface area contributed by atoms with E-state index in [4.69, 9.17) is 0 Å². The summed E-state index contributed by atoms with van der Waals surface area (Å²) >= 11 is 0. The van der Waals surface area contributed by atoms with Crippen molar-refractivity contribution < 1.29 is 4.90 Å². The lowest BCUT2D eigenvalue weighted by Crippen LogP contribution is -3.10. The molecule has 3 aromatic rings. The highest BCUT2D eigenvalue weighted by atomic mass is 15.1. The summed E-state index contributed by atoms with van der Waals surface area (Å²) in [6.45, 7) is 3.47. The van der Waals surface area contributed by atoms with Crippen molar-refractivity contribution in [3.05, 3.63) is 71.4 Å². The molecule has 2 N–H and O–H groups in total. The summed E-state index contributed by atoms with van der Waals surface area (Å²) in [7, 11) is 0. The topological polar surface area (TPSA) is 20.2 Å². The van der Waals surface area contributed by atoms with Gasteiger partial charge in [0.2, 0.25) is 0 Å². The molecule has 0 saturated heterocycles. The minimum Gasteiger partial charge on any atom is -0.358 e. The van der Waals surface area contributed by atoms with E-state index in [1.165, 1.54) is 34.3 Å². The minimum absolute atomic E-state index is 1.12. The average molecular weight is 263 g/mol. The Balaban J connectivity index is 1.63. The lowest BCUT2D eigenvalue weighted by Gasteiger charge is -2.24. The summed E-state index contributed by atoms with van der Waals surface area (Å²) in [4.78, 5) is 5.25. The molecule has 1 atom stereocenters. The van der Waals surface area contributed by atoms with E-state index in [0.717, 1.165) is 19.5 Å². The zero-order valence-electron chi connectivity index (χ0n) is 11.5. The SMILES string of the molecule is c1ccc(C[NH+]2CCc3[nH]c4ccccc4c3C2)cc1. The number of aromatic nitrogens is 1. The van der Waals surface area contributed by atoms with Gasteiger partial charge in [-0.1, -0.05) is 48.5 Å². The van der Waals surface area contributed by atoms with Gasteiger partial charge in [0.1, 0.15) is 13.1 Å². The second-order valence-corrected chi connectivity index (χ2v) is 5.72. The Morgan fingerprint density at radius 3 is 2.65 bits per heavy atom. The predicted octanol–water partition coefficient (Wildman–Crippen LogP) is 2.31. The molecule has 1 unspecified atom stereocenters. The van der Waals surface area contributed by atoms with E-state index in [0.29, 0.717) is 0 Å². The van der Waals surface area contributed by atoms with Crippen molar-refractivity contribution in [1.29, 1.82) is 0 Å². The van der Waals surface area contributed by atoms with E-state index >= 15 is 0 Å². The molecule has 0 spiro atoms. The lowest BCUT2D eigenvalue weighted by atomic mass is 10.0. The molecule has 1 aromatic heterocycles. The molecule has 0 fully saturated rings. The third kappa shape index (κ3) is 2.02. The molecule has 1 aliphatic rings. The Bertz CT molecular complexity index is 728. The number of hydrogen-bond donors (Lipinski definition) is 2. The maximum Gasteiger partial charge on any atom is 0.105 e. The molecule has 2 heteroatoms. The monoisotopic (exact) mass is 263 g/mol. The lowest BCUT2D eigenvalue weighted by molar-refractivity contribution is -0.929. The van der Waals surface area contributed by atoms with Crippen LogP contribution in [0.15, 0.2) is 54.6 Å². The van der Waals surface area contributed by atoms with Crippen molar-refractivity contribution >= 4 is 10.9 Å². The van der Waals surface area contributed by atoms with Gasteiger partial charge in [0.25, 0.3) is 0 Å². The first-order valence-corrected chi connectivity index (χ1v) is 7.36. The van der Waals surface area contributed by atoms with Crippen molar-refractivity contribution in [2.75, 3.05) is 6.54 Å². The number of quaternary nitrogens is 1. The summed E-state index contributed by atoms with van der Waals surface area (Å²) in [5, 5.41) is 1.41. The van der Waals surface area contributed by atoms with Gasteiger partial charge in [-0.15, -0.1) is 0 Å². The van der Waals surface area contributed by atoms with Gasteiger partial charge in [-0.2, -0.15) is 0 Å². The highest BCUT2D eigenvalue weighted by molar-refractivity contribution is 5.84. The van der Waals surface area contributed by atoms with Crippen molar-refractivity contribution in [3.63, 3.8) is 0 Å². The molecule has 2 heterocycles. The third-order valence-electron chi connectivity index (χ3n) is 4.35. The van der Waals surface area contributed by atoms with Gasteiger partial charge in [-0.3, -0.25) is 0 Å². The Hall–Kier alpha value is -2.06. The maximum atomic E-state index is 3.59. The van der Waals surface area contributed by atoms with Crippen LogP contribution >= 0.6 is 0 Å². The van der Waals surface area contributed by atoms with Gasteiger partial charge in [0, 0.05) is 34.1 Å². The fourth-order valence-corrected chi connectivity index (χ4v) is 3.35. The van der Waals surface area contributed by atoms with Crippen LogP contribution in [-0.2, 0) is 19.5 Å². The molecular formula is C18H19N2+. The zero-order chi connectivity index (χ0) is 13.4. The molecule has 20 heavy (non-hydrogen) atoms. The van der Waals surface area contributed by atoms with Crippen molar-refractivity contribution in [2.45, 2.75) is 19.5 Å². The molecule has 4 rings (SSSR count). The quantitative estimate of drug-likeness (QED) is 0.708. The van der Waals surface area contributed by atoms with Crippen LogP contribution in [0.25, 0.3) is 10.9 Å². The Morgan fingerprint density at radius 1 is 0.950 bits per heavy atom. The molecule has 0 saturated carbocycles. The molecule has 0 aliphatic carbocycles. The second-order valence-electron chi connectivity index (χ2n) is 5.72. The number of fused-ring (bicyclic) bond motifs is 3. The van der Waals surface area contributed by atoms with Crippen LogP contribution in [0.3, 0.4) is 0 Å². The number of benzene rings is 2. The number of rotatable bonds is 2. The van der Waals surface area contributed by atoms with E-state index in [1.54, 1.807) is 4.90 Å². The molecule has 2 nitrogen and oxygen atoms in total. The van der Waals surface area contributed by atoms with E-state index in [9.17, 15) is 0 Å². The largest absolute Gasteiger partial charge is 0.358 e. The maximum absolute atomic E-state index is 3.59. The first-order valence-electron chi connectivity index (χ1n) is 7.36. The zero-order valence-corrected chi connectivity index (χ0v) is 11.5. The van der Waals surface area contributed by atoms with Crippen LogP contribution in [0.2, 0.25) is 0 Å². The summed E-state index contributed by atoms with van der Waals surface area (Å²) in [5.74, 6) is 0. The number of aromatic amines is 1. The van der Waals surface area contributed by atoms with E-state index in [1.807, 2.05) is 0 Å². The van der Waals surface area contributed by atoms with Gasteiger partial charge in [0.05, 0.1) is 6.54 Å². The van der Waals surface area contributed by atoms with Crippen LogP contribution in [0.4, 0.5) is 0 Å². The second kappa shape index (κ2) is 4.80.